The van der Waals surface area contributed by atoms with Gasteiger partial charge in [0.2, 0.25) is 0 Å². The van der Waals surface area contributed by atoms with Gasteiger partial charge in [-0.1, -0.05) is 6.07 Å². The van der Waals surface area contributed by atoms with Gasteiger partial charge in [-0.25, -0.2) is 4.98 Å². The van der Waals surface area contributed by atoms with Gasteiger partial charge in [0, 0.05) is 24.1 Å². The molecule has 2 N–H and O–H groups in total. The lowest BCUT2D eigenvalue weighted by atomic mass is 10.3. The van der Waals surface area contributed by atoms with E-state index in [0.29, 0.717) is 17.2 Å². The minimum atomic E-state index is -0.278. The van der Waals surface area contributed by atoms with Crippen LogP contribution in [0.5, 0.6) is 0 Å². The molecule has 0 unspecified atom stereocenters. The van der Waals surface area contributed by atoms with Gasteiger partial charge < -0.3 is 5.11 Å². The number of anilines is 1. The molecule has 0 fully saturated rings. The molecule has 5 nitrogen and oxygen atoms in total. The van der Waals surface area contributed by atoms with E-state index in [9.17, 15) is 4.79 Å². The third-order valence-electron chi connectivity index (χ3n) is 2.35. The molecule has 18 heavy (non-hydrogen) atoms. The lowest BCUT2D eigenvalue weighted by Crippen LogP contribution is -2.13. The minimum Gasteiger partial charge on any atom is -0.396 e. The number of carbonyl (C=O) groups is 1. The lowest BCUT2D eigenvalue weighted by molar-refractivity contribution is 0.102. The van der Waals surface area contributed by atoms with Crippen molar-refractivity contribution in [3.05, 3.63) is 40.7 Å². The van der Waals surface area contributed by atoms with Crippen molar-refractivity contribution < 1.29 is 9.90 Å². The Labute approximate surface area is 109 Å². The summed E-state index contributed by atoms with van der Waals surface area (Å²) in [6, 6.07) is 5.15. The highest BCUT2D eigenvalue weighted by molar-refractivity contribution is 7.15. The van der Waals surface area contributed by atoms with Crippen molar-refractivity contribution in [2.75, 3.05) is 11.9 Å². The second-order valence-electron chi connectivity index (χ2n) is 3.67. The topological polar surface area (TPSA) is 75.1 Å². The first kappa shape index (κ1) is 12.7. The number of aliphatic hydroxyl groups excluding tert-OH is 1. The molecule has 0 saturated heterocycles. The Morgan fingerprint density at radius 3 is 3.00 bits per heavy atom. The van der Waals surface area contributed by atoms with Gasteiger partial charge >= 0.3 is 0 Å². The van der Waals surface area contributed by atoms with Crippen molar-refractivity contribution in [3.8, 4) is 0 Å². The summed E-state index contributed by atoms with van der Waals surface area (Å²) in [7, 11) is 0. The summed E-state index contributed by atoms with van der Waals surface area (Å²) < 4.78 is 0. The van der Waals surface area contributed by atoms with Crippen molar-refractivity contribution in [1.29, 1.82) is 0 Å². The van der Waals surface area contributed by atoms with Crippen molar-refractivity contribution in [1.82, 2.24) is 9.97 Å². The van der Waals surface area contributed by atoms with Crippen LogP contribution in [-0.2, 0) is 6.42 Å². The van der Waals surface area contributed by atoms with Crippen LogP contribution in [0.4, 0.5) is 5.13 Å². The zero-order valence-electron chi connectivity index (χ0n) is 9.88. The maximum Gasteiger partial charge on any atom is 0.276 e. The molecule has 0 aliphatic carbocycles. The lowest BCUT2D eigenvalue weighted by Gasteiger charge is -1.99. The average Bonchev–Trinajstić information content (AvgIpc) is 2.71. The first-order valence-electron chi connectivity index (χ1n) is 5.50. The van der Waals surface area contributed by atoms with Gasteiger partial charge in [-0.15, -0.1) is 11.3 Å². The van der Waals surface area contributed by atoms with E-state index in [1.54, 1.807) is 24.4 Å². The van der Waals surface area contributed by atoms with Crippen LogP contribution in [-0.4, -0.2) is 27.6 Å². The Hall–Kier alpha value is -1.79. The Morgan fingerprint density at radius 1 is 1.50 bits per heavy atom. The number of nitrogens with zero attached hydrogens (tertiary/aromatic N) is 2. The number of aryl methyl sites for hydroxylation is 1. The Morgan fingerprint density at radius 2 is 2.33 bits per heavy atom. The quantitative estimate of drug-likeness (QED) is 0.879. The predicted octanol–water partition coefficient (Wildman–Crippen LogP) is 1.63. The number of nitrogens with one attached hydrogen (secondary N) is 1. The van der Waals surface area contributed by atoms with Gasteiger partial charge in [0.1, 0.15) is 5.69 Å². The molecule has 2 aromatic rings. The molecular weight excluding hydrogens is 250 g/mol. The van der Waals surface area contributed by atoms with Gasteiger partial charge in [-0.05, 0) is 19.1 Å². The molecule has 94 valence electrons. The molecule has 6 heteroatoms. The van der Waals surface area contributed by atoms with E-state index in [1.807, 2.05) is 6.92 Å². The highest BCUT2D eigenvalue weighted by atomic mass is 32.1. The third-order valence-corrected chi connectivity index (χ3v) is 3.48. The molecule has 2 rings (SSSR count). The summed E-state index contributed by atoms with van der Waals surface area (Å²) >= 11 is 1.38. The van der Waals surface area contributed by atoms with E-state index in [-0.39, 0.29) is 12.5 Å². The fraction of sp³-hybridized carbons (Fsp3) is 0.250. The zero-order valence-corrected chi connectivity index (χ0v) is 10.7. The molecule has 2 heterocycles. The summed E-state index contributed by atoms with van der Waals surface area (Å²) in [5.74, 6) is -0.278. The molecule has 2 aromatic heterocycles. The number of thiazole rings is 1. The summed E-state index contributed by atoms with van der Waals surface area (Å²) in [5, 5.41) is 12.1. The largest absolute Gasteiger partial charge is 0.396 e. The molecule has 0 saturated carbocycles. The number of hydrogen-bond acceptors (Lipinski definition) is 5. The molecule has 0 aliphatic rings. The highest BCUT2D eigenvalue weighted by Crippen LogP contribution is 2.23. The van der Waals surface area contributed by atoms with Crippen molar-refractivity contribution >= 4 is 22.4 Å². The van der Waals surface area contributed by atoms with Crippen LogP contribution in [0.2, 0.25) is 0 Å². The van der Waals surface area contributed by atoms with Gasteiger partial charge in [-0.2, -0.15) is 0 Å². The average molecular weight is 263 g/mol. The van der Waals surface area contributed by atoms with Gasteiger partial charge in [0.05, 0.1) is 5.69 Å². The number of aromatic nitrogens is 2. The van der Waals surface area contributed by atoms with Crippen LogP contribution in [0, 0.1) is 6.92 Å². The first-order valence-corrected chi connectivity index (χ1v) is 6.32. The Balaban J connectivity index is 2.10. The maximum absolute atomic E-state index is 11.8. The van der Waals surface area contributed by atoms with Gasteiger partial charge in [-0.3, -0.25) is 15.1 Å². The van der Waals surface area contributed by atoms with Crippen LogP contribution < -0.4 is 5.32 Å². The fourth-order valence-corrected chi connectivity index (χ4v) is 2.42. The van der Waals surface area contributed by atoms with Crippen LogP contribution in [0.1, 0.15) is 21.1 Å². The zero-order chi connectivity index (χ0) is 13.0. The third kappa shape index (κ3) is 2.91. The fourth-order valence-electron chi connectivity index (χ4n) is 1.47. The molecule has 0 bridgehead atoms. The molecule has 0 atom stereocenters. The van der Waals surface area contributed by atoms with Crippen molar-refractivity contribution in [3.63, 3.8) is 0 Å². The van der Waals surface area contributed by atoms with Crippen LogP contribution in [0.15, 0.2) is 24.4 Å². The van der Waals surface area contributed by atoms with Crippen molar-refractivity contribution in [2.24, 2.45) is 0 Å². The smallest absolute Gasteiger partial charge is 0.276 e. The minimum absolute atomic E-state index is 0.0800. The van der Waals surface area contributed by atoms with E-state index in [0.717, 1.165) is 10.6 Å². The number of aliphatic hydroxyl groups is 1. The number of carbonyl (C=O) groups excluding carboxylic acids is 1. The van der Waals surface area contributed by atoms with E-state index >= 15 is 0 Å². The number of hydrogen-bond donors (Lipinski definition) is 2. The summed E-state index contributed by atoms with van der Waals surface area (Å²) in [5.41, 5.74) is 1.19. The van der Waals surface area contributed by atoms with Crippen LogP contribution in [0.25, 0.3) is 0 Å². The SMILES string of the molecule is Cc1nc(NC(=O)c2ccccn2)sc1CCO. The maximum atomic E-state index is 11.8. The monoisotopic (exact) mass is 263 g/mol. The van der Waals surface area contributed by atoms with Gasteiger partial charge in [0.15, 0.2) is 5.13 Å². The van der Waals surface area contributed by atoms with Crippen molar-refractivity contribution in [2.45, 2.75) is 13.3 Å². The predicted molar refractivity (Wildman–Crippen MR) is 69.8 cm³/mol. The highest BCUT2D eigenvalue weighted by Gasteiger charge is 2.11. The second kappa shape index (κ2) is 5.70. The normalized spacial score (nSPS) is 10.3. The standard InChI is InChI=1S/C12H13N3O2S/c1-8-10(5-7-16)18-12(14-8)15-11(17)9-4-2-3-6-13-9/h2-4,6,16H,5,7H2,1H3,(H,14,15,17). The second-order valence-corrected chi connectivity index (χ2v) is 4.75. The molecule has 1 amide bonds. The number of pyridine rings is 1. The Bertz CT molecular complexity index is 540. The molecule has 0 radical (unpaired) electrons. The summed E-state index contributed by atoms with van der Waals surface area (Å²) in [6.07, 6.45) is 2.13. The summed E-state index contributed by atoms with van der Waals surface area (Å²) in [6.45, 7) is 1.94. The van der Waals surface area contributed by atoms with Crippen LogP contribution in [0.3, 0.4) is 0 Å². The first-order chi connectivity index (χ1) is 8.70. The van der Waals surface area contributed by atoms with E-state index < -0.39 is 0 Å². The van der Waals surface area contributed by atoms with E-state index in [1.165, 1.54) is 11.3 Å². The van der Waals surface area contributed by atoms with Crippen LogP contribution >= 0.6 is 11.3 Å². The number of rotatable bonds is 4. The molecule has 0 aliphatic heterocycles. The summed E-state index contributed by atoms with van der Waals surface area (Å²) in [4.78, 5) is 21.0. The number of amides is 1. The Kier molecular flexibility index (Phi) is 4.01. The molecular formula is C12H13N3O2S. The molecule has 0 aromatic carbocycles. The van der Waals surface area contributed by atoms with E-state index in [2.05, 4.69) is 15.3 Å². The van der Waals surface area contributed by atoms with E-state index in [4.69, 9.17) is 5.11 Å². The van der Waals surface area contributed by atoms with Gasteiger partial charge in [0.25, 0.3) is 5.91 Å². The molecule has 0 spiro atoms.